The molecule has 0 aromatic heterocycles. The molecule has 5 nitrogen and oxygen atoms in total. The highest BCUT2D eigenvalue weighted by atomic mass is 16.6. The molecule has 0 radical (unpaired) electrons. The Bertz CT molecular complexity index is 516. The van der Waals surface area contributed by atoms with Crippen LogP contribution >= 0.6 is 0 Å². The van der Waals surface area contributed by atoms with Gasteiger partial charge in [0.25, 0.3) is 0 Å². The first kappa shape index (κ1) is 19.0. The highest BCUT2D eigenvalue weighted by Crippen LogP contribution is 2.28. The molecule has 0 aliphatic heterocycles. The largest absolute Gasteiger partial charge is 0.492 e. The summed E-state index contributed by atoms with van der Waals surface area (Å²) in [7, 11) is 1.55. The van der Waals surface area contributed by atoms with E-state index in [4.69, 9.17) is 14.3 Å². The van der Waals surface area contributed by atoms with Gasteiger partial charge in [0.1, 0.15) is 31.8 Å². The third-order valence-corrected chi connectivity index (χ3v) is 3.17. The van der Waals surface area contributed by atoms with Gasteiger partial charge in [0.2, 0.25) is 0 Å². The lowest BCUT2D eigenvalue weighted by molar-refractivity contribution is 0.212. The zero-order valence-corrected chi connectivity index (χ0v) is 14.8. The van der Waals surface area contributed by atoms with Crippen LogP contribution in [-0.2, 0) is 4.84 Å². The zero-order valence-electron chi connectivity index (χ0n) is 14.8. The summed E-state index contributed by atoms with van der Waals surface area (Å²) in [5, 5.41) is 7.10. The van der Waals surface area contributed by atoms with Crippen LogP contribution < -0.4 is 14.8 Å². The van der Waals surface area contributed by atoms with Crippen LogP contribution in [0, 0.1) is 13.8 Å². The van der Waals surface area contributed by atoms with Crippen molar-refractivity contribution in [2.24, 2.45) is 5.16 Å². The topological polar surface area (TPSA) is 52.1 Å². The Balaban J connectivity index is 2.46. The van der Waals surface area contributed by atoms with Crippen molar-refractivity contribution in [1.82, 2.24) is 5.32 Å². The van der Waals surface area contributed by atoms with Crippen LogP contribution in [0.5, 0.6) is 11.5 Å². The number of oxime groups is 1. The number of allylic oxidation sites excluding steroid dienone is 1. The quantitative estimate of drug-likeness (QED) is 0.311. The first-order chi connectivity index (χ1) is 11.1. The first-order valence-electron chi connectivity index (χ1n) is 7.83. The second-order valence-corrected chi connectivity index (χ2v) is 5.30. The van der Waals surface area contributed by atoms with E-state index < -0.39 is 0 Å². The van der Waals surface area contributed by atoms with Crippen LogP contribution in [0.2, 0.25) is 0 Å². The van der Waals surface area contributed by atoms with Crippen molar-refractivity contribution >= 4 is 5.71 Å². The van der Waals surface area contributed by atoms with E-state index in [0.29, 0.717) is 19.8 Å². The molecule has 128 valence electrons. The maximum absolute atomic E-state index is 5.89. The summed E-state index contributed by atoms with van der Waals surface area (Å²) in [6.07, 6.45) is 3.96. The maximum atomic E-state index is 5.89. The summed E-state index contributed by atoms with van der Waals surface area (Å²) in [4.78, 5) is 4.71. The first-order valence-corrected chi connectivity index (χ1v) is 7.83. The molecule has 0 saturated heterocycles. The van der Waals surface area contributed by atoms with Gasteiger partial charge in [0.05, 0.1) is 5.71 Å². The highest BCUT2D eigenvalue weighted by molar-refractivity contribution is 5.83. The lowest BCUT2D eigenvalue weighted by atomic mass is 10.1. The SMILES string of the molecule is C/C=C/COc1cc(C)c(OCCNCC(C)=NOC)c(C)c1. The Morgan fingerprint density at radius 2 is 1.91 bits per heavy atom. The lowest BCUT2D eigenvalue weighted by Crippen LogP contribution is -2.26. The van der Waals surface area contributed by atoms with Crippen LogP contribution in [0.3, 0.4) is 0 Å². The van der Waals surface area contributed by atoms with Gasteiger partial charge in [-0.3, -0.25) is 0 Å². The molecule has 1 rings (SSSR count). The van der Waals surface area contributed by atoms with Gasteiger partial charge in [0.15, 0.2) is 0 Å². The molecule has 0 atom stereocenters. The van der Waals surface area contributed by atoms with Crippen molar-refractivity contribution < 1.29 is 14.3 Å². The van der Waals surface area contributed by atoms with E-state index in [9.17, 15) is 0 Å². The summed E-state index contributed by atoms with van der Waals surface area (Å²) < 4.78 is 11.6. The molecule has 0 spiro atoms. The third-order valence-electron chi connectivity index (χ3n) is 3.17. The Hall–Kier alpha value is -2.01. The molecule has 1 aromatic rings. The summed E-state index contributed by atoms with van der Waals surface area (Å²) in [6, 6.07) is 4.02. The van der Waals surface area contributed by atoms with E-state index in [1.807, 2.05) is 52.0 Å². The number of benzene rings is 1. The van der Waals surface area contributed by atoms with Gasteiger partial charge < -0.3 is 19.6 Å². The molecular formula is C18H28N2O3. The summed E-state index contributed by atoms with van der Waals surface area (Å²) >= 11 is 0. The van der Waals surface area contributed by atoms with Gasteiger partial charge in [-0.05, 0) is 51.0 Å². The molecule has 0 saturated carbocycles. The van der Waals surface area contributed by atoms with Crippen molar-refractivity contribution in [2.75, 3.05) is 33.4 Å². The number of ether oxygens (including phenoxy) is 2. The molecule has 0 unspecified atom stereocenters. The average molecular weight is 320 g/mol. The van der Waals surface area contributed by atoms with Crippen molar-refractivity contribution in [2.45, 2.75) is 27.7 Å². The molecule has 0 aliphatic carbocycles. The second kappa shape index (κ2) is 10.7. The van der Waals surface area contributed by atoms with Crippen molar-refractivity contribution in [3.8, 4) is 11.5 Å². The van der Waals surface area contributed by atoms with Crippen LogP contribution in [-0.4, -0.2) is 39.1 Å². The van der Waals surface area contributed by atoms with E-state index in [1.54, 1.807) is 7.11 Å². The molecule has 1 aromatic carbocycles. The number of nitrogens with zero attached hydrogens (tertiary/aromatic N) is 1. The molecule has 1 N–H and O–H groups in total. The van der Waals surface area contributed by atoms with Crippen LogP contribution in [0.1, 0.15) is 25.0 Å². The number of aryl methyl sites for hydroxylation is 2. The molecule has 23 heavy (non-hydrogen) atoms. The van der Waals surface area contributed by atoms with E-state index in [0.717, 1.165) is 34.9 Å². The minimum absolute atomic E-state index is 0.585. The monoisotopic (exact) mass is 320 g/mol. The lowest BCUT2D eigenvalue weighted by Gasteiger charge is -2.14. The smallest absolute Gasteiger partial charge is 0.125 e. The van der Waals surface area contributed by atoms with Crippen LogP contribution in [0.4, 0.5) is 0 Å². The maximum Gasteiger partial charge on any atom is 0.125 e. The molecule has 0 amide bonds. The van der Waals surface area contributed by atoms with Gasteiger partial charge in [-0.15, -0.1) is 0 Å². The summed E-state index contributed by atoms with van der Waals surface area (Å²) in [5.41, 5.74) is 3.07. The number of nitrogens with one attached hydrogen (secondary N) is 1. The van der Waals surface area contributed by atoms with E-state index in [1.165, 1.54) is 0 Å². The fourth-order valence-corrected chi connectivity index (χ4v) is 2.14. The fourth-order valence-electron chi connectivity index (χ4n) is 2.14. The van der Waals surface area contributed by atoms with Crippen LogP contribution in [0.15, 0.2) is 29.4 Å². The van der Waals surface area contributed by atoms with E-state index >= 15 is 0 Å². The standard InChI is InChI=1S/C18H28N2O3/c1-6-7-9-22-17-11-14(2)18(15(3)12-17)23-10-8-19-13-16(4)20-21-5/h6-7,11-12,19H,8-10,13H2,1-5H3/b7-6+,20-16?. The number of rotatable bonds is 10. The molecule has 0 fully saturated rings. The predicted octanol–water partition coefficient (Wildman–Crippen LogP) is 3.25. The molecule has 5 heteroatoms. The minimum atomic E-state index is 0.585. The van der Waals surface area contributed by atoms with Crippen molar-refractivity contribution in [1.29, 1.82) is 0 Å². The van der Waals surface area contributed by atoms with Gasteiger partial charge >= 0.3 is 0 Å². The zero-order chi connectivity index (χ0) is 17.1. The van der Waals surface area contributed by atoms with Crippen molar-refractivity contribution in [3.05, 3.63) is 35.4 Å². The van der Waals surface area contributed by atoms with Crippen LogP contribution in [0.25, 0.3) is 0 Å². The summed E-state index contributed by atoms with van der Waals surface area (Å²) in [5.74, 6) is 1.79. The molecule has 0 aliphatic rings. The molecule has 0 heterocycles. The predicted molar refractivity (Wildman–Crippen MR) is 94.7 cm³/mol. The van der Waals surface area contributed by atoms with Gasteiger partial charge in [-0.1, -0.05) is 17.3 Å². The van der Waals surface area contributed by atoms with E-state index in [-0.39, 0.29) is 0 Å². The fraction of sp³-hybridized carbons (Fsp3) is 0.500. The van der Waals surface area contributed by atoms with Gasteiger partial charge in [0, 0.05) is 13.1 Å². The Morgan fingerprint density at radius 1 is 1.22 bits per heavy atom. The number of hydrogen-bond acceptors (Lipinski definition) is 5. The second-order valence-electron chi connectivity index (χ2n) is 5.30. The molecular weight excluding hydrogens is 292 g/mol. The van der Waals surface area contributed by atoms with Gasteiger partial charge in [-0.25, -0.2) is 0 Å². The highest BCUT2D eigenvalue weighted by Gasteiger charge is 2.07. The van der Waals surface area contributed by atoms with Gasteiger partial charge in [-0.2, -0.15) is 0 Å². The third kappa shape index (κ3) is 7.19. The Morgan fingerprint density at radius 3 is 2.52 bits per heavy atom. The summed E-state index contributed by atoms with van der Waals surface area (Å²) in [6.45, 7) is 10.6. The average Bonchev–Trinajstić information content (AvgIpc) is 2.50. The molecule has 0 bridgehead atoms. The van der Waals surface area contributed by atoms with Crippen molar-refractivity contribution in [3.63, 3.8) is 0 Å². The minimum Gasteiger partial charge on any atom is -0.492 e. The Labute approximate surface area is 139 Å². The number of hydrogen-bond donors (Lipinski definition) is 1. The normalized spacial score (nSPS) is 11.8. The Kier molecular flexibility index (Phi) is 8.83. The van der Waals surface area contributed by atoms with E-state index in [2.05, 4.69) is 10.5 Å².